The van der Waals surface area contributed by atoms with Gasteiger partial charge in [0.15, 0.2) is 0 Å². The van der Waals surface area contributed by atoms with Crippen LogP contribution < -0.4 is 11.1 Å². The number of hydrogen-bond acceptors (Lipinski definition) is 2. The van der Waals surface area contributed by atoms with Crippen molar-refractivity contribution in [2.75, 3.05) is 17.6 Å². The summed E-state index contributed by atoms with van der Waals surface area (Å²) in [6.07, 6.45) is 5.24. The molecule has 0 amide bonds. The van der Waals surface area contributed by atoms with Gasteiger partial charge in [-0.15, -0.1) is 0 Å². The SMILES string of the molecule is C/C=C/CCNc1cccc(N)c1. The lowest BCUT2D eigenvalue weighted by atomic mass is 10.3. The van der Waals surface area contributed by atoms with Crippen LogP contribution in [0.5, 0.6) is 0 Å². The number of rotatable bonds is 4. The zero-order chi connectivity index (χ0) is 9.52. The maximum atomic E-state index is 5.64. The zero-order valence-electron chi connectivity index (χ0n) is 7.96. The Morgan fingerprint density at radius 1 is 1.46 bits per heavy atom. The summed E-state index contributed by atoms with van der Waals surface area (Å²) < 4.78 is 0. The second-order valence-electron chi connectivity index (χ2n) is 2.91. The molecule has 0 atom stereocenters. The highest BCUT2D eigenvalue weighted by Gasteiger charge is 1.89. The van der Waals surface area contributed by atoms with E-state index in [1.54, 1.807) is 0 Å². The average Bonchev–Trinajstić information content (AvgIpc) is 2.13. The summed E-state index contributed by atoms with van der Waals surface area (Å²) in [7, 11) is 0. The van der Waals surface area contributed by atoms with Crippen LogP contribution in [-0.4, -0.2) is 6.54 Å². The molecule has 2 nitrogen and oxygen atoms in total. The van der Waals surface area contributed by atoms with E-state index in [9.17, 15) is 0 Å². The second-order valence-corrected chi connectivity index (χ2v) is 2.91. The lowest BCUT2D eigenvalue weighted by molar-refractivity contribution is 1.06. The van der Waals surface area contributed by atoms with Crippen molar-refractivity contribution in [1.82, 2.24) is 0 Å². The molecule has 0 unspecified atom stereocenters. The van der Waals surface area contributed by atoms with E-state index in [2.05, 4.69) is 17.5 Å². The Morgan fingerprint density at radius 2 is 2.31 bits per heavy atom. The Bertz CT molecular complexity index is 279. The van der Waals surface area contributed by atoms with Gasteiger partial charge in [-0.1, -0.05) is 18.2 Å². The number of hydrogen-bond donors (Lipinski definition) is 2. The predicted octanol–water partition coefficient (Wildman–Crippen LogP) is 2.65. The molecule has 0 radical (unpaired) electrons. The maximum Gasteiger partial charge on any atom is 0.0360 e. The molecule has 70 valence electrons. The topological polar surface area (TPSA) is 38.0 Å². The van der Waals surface area contributed by atoms with Crippen molar-refractivity contribution < 1.29 is 0 Å². The van der Waals surface area contributed by atoms with Crippen molar-refractivity contribution in [1.29, 1.82) is 0 Å². The number of allylic oxidation sites excluding steroid dienone is 1. The highest BCUT2D eigenvalue weighted by molar-refractivity contribution is 5.53. The summed E-state index contributed by atoms with van der Waals surface area (Å²) in [6, 6.07) is 7.80. The van der Waals surface area contributed by atoms with E-state index in [4.69, 9.17) is 5.73 Å². The fourth-order valence-corrected chi connectivity index (χ4v) is 1.12. The van der Waals surface area contributed by atoms with Crippen LogP contribution in [0, 0.1) is 0 Å². The summed E-state index contributed by atoms with van der Waals surface area (Å²) >= 11 is 0. The average molecular weight is 176 g/mol. The molecule has 2 heteroatoms. The summed E-state index contributed by atoms with van der Waals surface area (Å²) in [5.41, 5.74) is 7.52. The molecule has 1 aromatic carbocycles. The molecule has 0 aliphatic carbocycles. The monoisotopic (exact) mass is 176 g/mol. The number of nitrogen functional groups attached to an aromatic ring is 1. The third-order valence-electron chi connectivity index (χ3n) is 1.76. The van der Waals surface area contributed by atoms with Gasteiger partial charge >= 0.3 is 0 Å². The number of nitrogens with two attached hydrogens (primary N) is 1. The predicted molar refractivity (Wildman–Crippen MR) is 58.8 cm³/mol. The first-order chi connectivity index (χ1) is 6.33. The van der Waals surface area contributed by atoms with Gasteiger partial charge in [-0.25, -0.2) is 0 Å². The van der Waals surface area contributed by atoms with Gasteiger partial charge < -0.3 is 11.1 Å². The first kappa shape index (κ1) is 9.65. The van der Waals surface area contributed by atoms with E-state index in [-0.39, 0.29) is 0 Å². The third-order valence-corrected chi connectivity index (χ3v) is 1.76. The van der Waals surface area contributed by atoms with Crippen LogP contribution in [0.15, 0.2) is 36.4 Å². The molecular formula is C11H16N2. The summed E-state index contributed by atoms with van der Waals surface area (Å²) in [5, 5.41) is 3.29. The molecule has 13 heavy (non-hydrogen) atoms. The Balaban J connectivity index is 2.36. The summed E-state index contributed by atoms with van der Waals surface area (Å²) in [6.45, 7) is 2.98. The van der Waals surface area contributed by atoms with Gasteiger partial charge in [0.05, 0.1) is 0 Å². The van der Waals surface area contributed by atoms with Crippen LogP contribution in [0.25, 0.3) is 0 Å². The fourth-order valence-electron chi connectivity index (χ4n) is 1.12. The van der Waals surface area contributed by atoms with Crippen LogP contribution in [0.3, 0.4) is 0 Å². The minimum Gasteiger partial charge on any atom is -0.399 e. The van der Waals surface area contributed by atoms with Gasteiger partial charge in [-0.2, -0.15) is 0 Å². The highest BCUT2D eigenvalue weighted by atomic mass is 14.9. The van der Waals surface area contributed by atoms with Gasteiger partial charge in [0.25, 0.3) is 0 Å². The molecule has 0 spiro atoms. The quantitative estimate of drug-likeness (QED) is 0.420. The molecule has 1 rings (SSSR count). The molecule has 0 heterocycles. The third kappa shape index (κ3) is 3.65. The van der Waals surface area contributed by atoms with Crippen molar-refractivity contribution in [3.63, 3.8) is 0 Å². The van der Waals surface area contributed by atoms with Gasteiger partial charge in [0.2, 0.25) is 0 Å². The molecular weight excluding hydrogens is 160 g/mol. The van der Waals surface area contributed by atoms with E-state index in [1.807, 2.05) is 31.2 Å². The minimum atomic E-state index is 0.802. The standard InChI is InChI=1S/C11H16N2/c1-2-3-4-8-13-11-7-5-6-10(12)9-11/h2-3,5-7,9,13H,4,8,12H2,1H3/b3-2+. The lowest BCUT2D eigenvalue weighted by Gasteiger charge is -2.04. The molecule has 0 saturated heterocycles. The highest BCUT2D eigenvalue weighted by Crippen LogP contribution is 2.11. The van der Waals surface area contributed by atoms with Gasteiger partial charge in [-0.05, 0) is 31.5 Å². The largest absolute Gasteiger partial charge is 0.399 e. The van der Waals surface area contributed by atoms with Crippen LogP contribution in [0.4, 0.5) is 11.4 Å². The van der Waals surface area contributed by atoms with E-state index in [0.29, 0.717) is 0 Å². The van der Waals surface area contributed by atoms with Crippen molar-refractivity contribution >= 4 is 11.4 Å². The Morgan fingerprint density at radius 3 is 3.00 bits per heavy atom. The molecule has 0 aromatic heterocycles. The Kier molecular flexibility index (Phi) is 3.89. The number of benzene rings is 1. The lowest BCUT2D eigenvalue weighted by Crippen LogP contribution is -2.00. The molecule has 3 N–H and O–H groups in total. The molecule has 1 aromatic rings. The fraction of sp³-hybridized carbons (Fsp3) is 0.273. The smallest absolute Gasteiger partial charge is 0.0360 e. The zero-order valence-corrected chi connectivity index (χ0v) is 7.96. The number of nitrogens with one attached hydrogen (secondary N) is 1. The second kappa shape index (κ2) is 5.25. The van der Waals surface area contributed by atoms with Gasteiger partial charge in [-0.3, -0.25) is 0 Å². The van der Waals surface area contributed by atoms with Gasteiger partial charge in [0, 0.05) is 17.9 Å². The van der Waals surface area contributed by atoms with Crippen molar-refractivity contribution in [3.8, 4) is 0 Å². The van der Waals surface area contributed by atoms with Crippen molar-refractivity contribution in [2.24, 2.45) is 0 Å². The van der Waals surface area contributed by atoms with E-state index < -0.39 is 0 Å². The number of anilines is 2. The Labute approximate surface area is 79.5 Å². The van der Waals surface area contributed by atoms with Crippen molar-refractivity contribution in [3.05, 3.63) is 36.4 Å². The first-order valence-electron chi connectivity index (χ1n) is 4.53. The van der Waals surface area contributed by atoms with E-state index in [1.165, 1.54) is 0 Å². The molecule has 0 saturated carbocycles. The maximum absolute atomic E-state index is 5.64. The van der Waals surface area contributed by atoms with E-state index >= 15 is 0 Å². The normalized spacial score (nSPS) is 10.5. The molecule has 0 bridgehead atoms. The minimum absolute atomic E-state index is 0.802. The van der Waals surface area contributed by atoms with Crippen LogP contribution in [0.2, 0.25) is 0 Å². The summed E-state index contributed by atoms with van der Waals surface area (Å²) in [4.78, 5) is 0. The Hall–Kier alpha value is -1.44. The van der Waals surface area contributed by atoms with Crippen LogP contribution in [0.1, 0.15) is 13.3 Å². The first-order valence-corrected chi connectivity index (χ1v) is 4.53. The van der Waals surface area contributed by atoms with Crippen molar-refractivity contribution in [2.45, 2.75) is 13.3 Å². The molecule has 0 aliphatic rings. The molecule has 0 aliphatic heterocycles. The molecule has 0 fully saturated rings. The summed E-state index contributed by atoms with van der Waals surface area (Å²) in [5.74, 6) is 0. The van der Waals surface area contributed by atoms with E-state index in [0.717, 1.165) is 24.3 Å². The van der Waals surface area contributed by atoms with Crippen LogP contribution >= 0.6 is 0 Å². The van der Waals surface area contributed by atoms with Gasteiger partial charge in [0.1, 0.15) is 0 Å². The van der Waals surface area contributed by atoms with Crippen LogP contribution in [-0.2, 0) is 0 Å².